The van der Waals surface area contributed by atoms with Gasteiger partial charge in [-0.3, -0.25) is 4.79 Å². The Labute approximate surface area is 108 Å². The minimum Gasteiger partial charge on any atom is -0.485 e. The summed E-state index contributed by atoms with van der Waals surface area (Å²) < 4.78 is 5.94. The third-order valence-electron chi connectivity index (χ3n) is 2.08. The van der Waals surface area contributed by atoms with Gasteiger partial charge in [-0.2, -0.15) is 0 Å². The molecule has 0 radical (unpaired) electrons. The van der Waals surface area contributed by atoms with Crippen LogP contribution in [0, 0.1) is 0 Å². The van der Waals surface area contributed by atoms with E-state index in [9.17, 15) is 4.79 Å². The van der Waals surface area contributed by atoms with Crippen molar-refractivity contribution in [2.24, 2.45) is 0 Å². The van der Waals surface area contributed by atoms with Gasteiger partial charge in [0.1, 0.15) is 5.75 Å². The van der Waals surface area contributed by atoms with Crippen LogP contribution >= 0.6 is 22.9 Å². The summed E-state index contributed by atoms with van der Waals surface area (Å²) in [7, 11) is 0. The molecule has 1 aromatic heterocycles. The Morgan fingerprint density at radius 1 is 1.35 bits per heavy atom. The lowest BCUT2D eigenvalue weighted by molar-refractivity contribution is 0.0925. The molecule has 0 aliphatic heterocycles. The molecular formula is C12H10ClNO2S. The average Bonchev–Trinajstić information content (AvgIpc) is 2.73. The van der Waals surface area contributed by atoms with E-state index in [-0.39, 0.29) is 12.4 Å². The number of anilines is 1. The number of nitrogens with two attached hydrogens (primary N) is 1. The van der Waals surface area contributed by atoms with Crippen molar-refractivity contribution in [1.29, 1.82) is 0 Å². The molecule has 0 fully saturated rings. The molecule has 1 aromatic carbocycles. The maximum absolute atomic E-state index is 11.7. The maximum Gasteiger partial charge on any atom is 0.210 e. The van der Waals surface area contributed by atoms with E-state index >= 15 is 0 Å². The third-order valence-corrected chi connectivity index (χ3v) is 3.35. The number of nitrogen functional groups attached to an aromatic ring is 1. The summed E-state index contributed by atoms with van der Waals surface area (Å²) in [6.07, 6.45) is 0. The number of ether oxygens (including phenoxy) is 1. The SMILES string of the molecule is Nc1cccc(OCC(=O)c2ccc(Cl)s2)c1. The molecule has 0 unspecified atom stereocenters. The van der Waals surface area contributed by atoms with E-state index < -0.39 is 0 Å². The Morgan fingerprint density at radius 2 is 2.18 bits per heavy atom. The zero-order valence-electron chi connectivity index (χ0n) is 8.85. The van der Waals surface area contributed by atoms with E-state index in [4.69, 9.17) is 22.1 Å². The van der Waals surface area contributed by atoms with Crippen LogP contribution in [0.15, 0.2) is 36.4 Å². The largest absolute Gasteiger partial charge is 0.485 e. The van der Waals surface area contributed by atoms with Crippen molar-refractivity contribution in [1.82, 2.24) is 0 Å². The lowest BCUT2D eigenvalue weighted by atomic mass is 10.3. The van der Waals surface area contributed by atoms with Crippen molar-refractivity contribution < 1.29 is 9.53 Å². The van der Waals surface area contributed by atoms with Gasteiger partial charge in [-0.15, -0.1) is 11.3 Å². The smallest absolute Gasteiger partial charge is 0.210 e. The number of halogens is 1. The first kappa shape index (κ1) is 12.0. The third kappa shape index (κ3) is 3.22. The highest BCUT2D eigenvalue weighted by Gasteiger charge is 2.09. The number of hydrogen-bond donors (Lipinski definition) is 1. The Bertz CT molecular complexity index is 539. The van der Waals surface area contributed by atoms with Gasteiger partial charge in [0.05, 0.1) is 9.21 Å². The highest BCUT2D eigenvalue weighted by atomic mass is 35.5. The average molecular weight is 268 g/mol. The molecule has 0 bridgehead atoms. The number of benzene rings is 1. The number of carbonyl (C=O) groups is 1. The molecule has 0 spiro atoms. The number of ketones is 1. The van der Waals surface area contributed by atoms with Gasteiger partial charge in [-0.1, -0.05) is 17.7 Å². The van der Waals surface area contributed by atoms with E-state index in [1.807, 2.05) is 0 Å². The van der Waals surface area contributed by atoms with Crippen LogP contribution in [0.4, 0.5) is 5.69 Å². The first-order chi connectivity index (χ1) is 8.15. The van der Waals surface area contributed by atoms with Crippen molar-refractivity contribution in [2.75, 3.05) is 12.3 Å². The minimum atomic E-state index is -0.0932. The van der Waals surface area contributed by atoms with E-state index in [1.165, 1.54) is 11.3 Å². The number of carbonyl (C=O) groups excluding carboxylic acids is 1. The first-order valence-corrected chi connectivity index (χ1v) is 6.11. The Kier molecular flexibility index (Phi) is 3.66. The molecular weight excluding hydrogens is 258 g/mol. The molecule has 0 saturated heterocycles. The maximum atomic E-state index is 11.7. The normalized spacial score (nSPS) is 10.2. The summed E-state index contributed by atoms with van der Waals surface area (Å²) in [4.78, 5) is 12.3. The number of hydrogen-bond acceptors (Lipinski definition) is 4. The molecule has 1 heterocycles. The molecule has 5 heteroatoms. The molecule has 2 aromatic rings. The minimum absolute atomic E-state index is 0.0136. The van der Waals surface area contributed by atoms with E-state index in [0.717, 1.165) is 0 Å². The zero-order valence-corrected chi connectivity index (χ0v) is 10.4. The summed E-state index contributed by atoms with van der Waals surface area (Å²) in [5, 5.41) is 0. The number of thiophene rings is 1. The van der Waals surface area contributed by atoms with Crippen molar-refractivity contribution in [3.63, 3.8) is 0 Å². The summed E-state index contributed by atoms with van der Waals surface area (Å²) in [5.41, 5.74) is 6.20. The molecule has 3 nitrogen and oxygen atoms in total. The highest BCUT2D eigenvalue weighted by Crippen LogP contribution is 2.22. The van der Waals surface area contributed by atoms with Crippen molar-refractivity contribution in [2.45, 2.75) is 0 Å². The van der Waals surface area contributed by atoms with Gasteiger partial charge in [0.2, 0.25) is 5.78 Å². The molecule has 17 heavy (non-hydrogen) atoms. The Morgan fingerprint density at radius 3 is 2.82 bits per heavy atom. The standard InChI is InChI=1S/C12H10ClNO2S/c13-12-5-4-11(17-12)10(15)7-16-9-3-1-2-8(14)6-9/h1-6H,7,14H2. The van der Waals surface area contributed by atoms with Crippen molar-refractivity contribution >= 4 is 34.4 Å². The molecule has 0 aliphatic carbocycles. The molecule has 88 valence electrons. The molecule has 0 atom stereocenters. The summed E-state index contributed by atoms with van der Waals surface area (Å²) >= 11 is 7.00. The summed E-state index contributed by atoms with van der Waals surface area (Å²) in [5.74, 6) is 0.491. The molecule has 2 N–H and O–H groups in total. The fraction of sp³-hybridized carbons (Fsp3) is 0.0833. The topological polar surface area (TPSA) is 52.3 Å². The van der Waals surface area contributed by atoms with Gasteiger partial charge in [-0.25, -0.2) is 0 Å². The van der Waals surface area contributed by atoms with Gasteiger partial charge >= 0.3 is 0 Å². The van der Waals surface area contributed by atoms with E-state index in [1.54, 1.807) is 36.4 Å². The van der Waals surface area contributed by atoms with Crippen LogP contribution in [0.3, 0.4) is 0 Å². The van der Waals surface area contributed by atoms with Crippen molar-refractivity contribution in [3.8, 4) is 5.75 Å². The molecule has 2 rings (SSSR count). The van der Waals surface area contributed by atoms with Crippen LogP contribution in [0.1, 0.15) is 9.67 Å². The Hall–Kier alpha value is -1.52. The second kappa shape index (κ2) is 5.21. The number of rotatable bonds is 4. The second-order valence-corrected chi connectivity index (χ2v) is 5.10. The predicted molar refractivity (Wildman–Crippen MR) is 70.0 cm³/mol. The Balaban J connectivity index is 1.97. The molecule has 0 aliphatic rings. The lowest BCUT2D eigenvalue weighted by Crippen LogP contribution is -2.10. The zero-order chi connectivity index (χ0) is 12.3. The van der Waals surface area contributed by atoms with Crippen LogP contribution < -0.4 is 10.5 Å². The van der Waals surface area contributed by atoms with Crippen LogP contribution in [0.5, 0.6) is 5.75 Å². The van der Waals surface area contributed by atoms with E-state index in [2.05, 4.69) is 0 Å². The fourth-order valence-corrected chi connectivity index (χ4v) is 2.26. The number of Topliss-reactive ketones (excluding diaryl/α,β-unsaturated/α-hetero) is 1. The molecule has 0 saturated carbocycles. The lowest BCUT2D eigenvalue weighted by Gasteiger charge is -2.04. The molecule has 0 amide bonds. The van der Waals surface area contributed by atoms with Crippen LogP contribution in [-0.4, -0.2) is 12.4 Å². The van der Waals surface area contributed by atoms with Crippen molar-refractivity contribution in [3.05, 3.63) is 45.6 Å². The van der Waals surface area contributed by atoms with Gasteiger partial charge in [-0.05, 0) is 24.3 Å². The van der Waals surface area contributed by atoms with Gasteiger partial charge in [0, 0.05) is 11.8 Å². The van der Waals surface area contributed by atoms with Gasteiger partial charge < -0.3 is 10.5 Å². The summed E-state index contributed by atoms with van der Waals surface area (Å²) in [6.45, 7) is -0.0136. The van der Waals surface area contributed by atoms with Gasteiger partial charge in [0.25, 0.3) is 0 Å². The summed E-state index contributed by atoms with van der Waals surface area (Å²) in [6, 6.07) is 10.3. The van der Waals surface area contributed by atoms with E-state index in [0.29, 0.717) is 20.7 Å². The second-order valence-electron chi connectivity index (χ2n) is 3.39. The predicted octanol–water partition coefficient (Wildman–Crippen LogP) is 3.25. The fourth-order valence-electron chi connectivity index (χ4n) is 1.29. The van der Waals surface area contributed by atoms with Gasteiger partial charge in [0.15, 0.2) is 6.61 Å². The van der Waals surface area contributed by atoms with Crippen LogP contribution in [-0.2, 0) is 0 Å². The highest BCUT2D eigenvalue weighted by molar-refractivity contribution is 7.18. The van der Waals surface area contributed by atoms with Crippen LogP contribution in [0.25, 0.3) is 0 Å². The first-order valence-electron chi connectivity index (χ1n) is 4.92. The monoisotopic (exact) mass is 267 g/mol. The van der Waals surface area contributed by atoms with Crippen LogP contribution in [0.2, 0.25) is 4.34 Å². The quantitative estimate of drug-likeness (QED) is 0.683.